The van der Waals surface area contributed by atoms with Crippen LogP contribution in [0.2, 0.25) is 0 Å². The standard InChI is InChI=1S/C7H6FNO2S.C7H8FNS/c1-12-7-3-2-5(9(10)11)4-6(7)8;1-10-7-3-2-5(9)4-6(7)8/h2-4H,1H3;2-4H,9H2,1H3. The van der Waals surface area contributed by atoms with E-state index in [2.05, 4.69) is 0 Å². The van der Waals surface area contributed by atoms with E-state index in [1.807, 2.05) is 6.26 Å². The van der Waals surface area contributed by atoms with Crippen LogP contribution in [0.3, 0.4) is 0 Å². The Morgan fingerprint density at radius 2 is 1.50 bits per heavy atom. The number of nitro groups is 1. The quantitative estimate of drug-likeness (QED) is 0.382. The number of halogens is 2. The van der Waals surface area contributed by atoms with E-state index in [1.165, 1.54) is 41.7 Å². The molecule has 0 saturated carbocycles. The SMILES string of the molecule is CSc1ccc(N)cc1F.CSc1ccc([N+](=O)[O-])cc1F. The maximum atomic E-state index is 12.9. The van der Waals surface area contributed by atoms with Gasteiger partial charge in [0, 0.05) is 21.5 Å². The summed E-state index contributed by atoms with van der Waals surface area (Å²) in [5.41, 5.74) is 5.58. The third kappa shape index (κ3) is 5.19. The van der Waals surface area contributed by atoms with Crippen LogP contribution in [0.5, 0.6) is 0 Å². The second-order valence-electron chi connectivity index (χ2n) is 3.97. The lowest BCUT2D eigenvalue weighted by atomic mass is 10.3. The fourth-order valence-corrected chi connectivity index (χ4v) is 2.37. The van der Waals surface area contributed by atoms with Crippen molar-refractivity contribution in [2.75, 3.05) is 18.2 Å². The van der Waals surface area contributed by atoms with Crippen LogP contribution in [0.1, 0.15) is 0 Å². The van der Waals surface area contributed by atoms with Crippen molar-refractivity contribution in [2.24, 2.45) is 0 Å². The van der Waals surface area contributed by atoms with Crippen molar-refractivity contribution in [1.82, 2.24) is 0 Å². The summed E-state index contributed by atoms with van der Waals surface area (Å²) < 4.78 is 25.6. The summed E-state index contributed by atoms with van der Waals surface area (Å²) in [5, 5.41) is 10.2. The molecule has 0 unspecified atom stereocenters. The Morgan fingerprint density at radius 3 is 1.91 bits per heavy atom. The fourth-order valence-electron chi connectivity index (χ4n) is 1.45. The van der Waals surface area contributed by atoms with Gasteiger partial charge in [-0.15, -0.1) is 23.5 Å². The average Bonchev–Trinajstić information content (AvgIpc) is 2.48. The number of nitrogens with zero attached hydrogens (tertiary/aromatic N) is 1. The van der Waals surface area contributed by atoms with Gasteiger partial charge in [0.1, 0.15) is 11.6 Å². The summed E-state index contributed by atoms with van der Waals surface area (Å²) in [4.78, 5) is 10.6. The van der Waals surface area contributed by atoms with Gasteiger partial charge < -0.3 is 5.73 Å². The van der Waals surface area contributed by atoms with Crippen molar-refractivity contribution in [3.8, 4) is 0 Å². The molecule has 0 saturated heterocycles. The highest BCUT2D eigenvalue weighted by atomic mass is 32.2. The topological polar surface area (TPSA) is 69.2 Å². The maximum absolute atomic E-state index is 12.9. The number of rotatable bonds is 3. The van der Waals surface area contributed by atoms with Gasteiger partial charge in [0.25, 0.3) is 5.69 Å². The summed E-state index contributed by atoms with van der Waals surface area (Å²) in [6, 6.07) is 8.30. The zero-order chi connectivity index (χ0) is 16.7. The maximum Gasteiger partial charge on any atom is 0.272 e. The first-order valence-corrected chi connectivity index (χ1v) is 8.41. The molecule has 0 bridgehead atoms. The number of hydrogen-bond donors (Lipinski definition) is 1. The lowest BCUT2D eigenvalue weighted by molar-refractivity contribution is -0.385. The van der Waals surface area contributed by atoms with Gasteiger partial charge in [0.2, 0.25) is 0 Å². The van der Waals surface area contributed by atoms with Crippen LogP contribution in [-0.4, -0.2) is 17.4 Å². The monoisotopic (exact) mass is 344 g/mol. The Balaban J connectivity index is 0.000000224. The number of anilines is 1. The molecule has 0 aromatic heterocycles. The normalized spacial score (nSPS) is 9.82. The second kappa shape index (κ2) is 8.60. The van der Waals surface area contributed by atoms with E-state index in [9.17, 15) is 18.9 Å². The third-order valence-electron chi connectivity index (χ3n) is 2.52. The Hall–Kier alpha value is -1.80. The zero-order valence-electron chi connectivity index (χ0n) is 11.9. The van der Waals surface area contributed by atoms with Gasteiger partial charge in [0.15, 0.2) is 0 Å². The van der Waals surface area contributed by atoms with Crippen molar-refractivity contribution < 1.29 is 13.7 Å². The highest BCUT2D eigenvalue weighted by molar-refractivity contribution is 7.98. The van der Waals surface area contributed by atoms with Crippen molar-refractivity contribution in [2.45, 2.75) is 9.79 Å². The average molecular weight is 344 g/mol. The van der Waals surface area contributed by atoms with Gasteiger partial charge in [-0.25, -0.2) is 8.78 Å². The second-order valence-corrected chi connectivity index (χ2v) is 5.67. The van der Waals surface area contributed by atoms with Crippen molar-refractivity contribution in [3.63, 3.8) is 0 Å². The number of benzene rings is 2. The zero-order valence-corrected chi connectivity index (χ0v) is 13.5. The minimum Gasteiger partial charge on any atom is -0.399 e. The van der Waals surface area contributed by atoms with Crippen LogP contribution in [0.4, 0.5) is 20.2 Å². The molecule has 2 N–H and O–H groups in total. The molecule has 0 fully saturated rings. The van der Waals surface area contributed by atoms with Crippen LogP contribution in [0.25, 0.3) is 0 Å². The number of nitrogen functional groups attached to an aromatic ring is 1. The molecule has 0 amide bonds. The van der Waals surface area contributed by atoms with E-state index in [4.69, 9.17) is 5.73 Å². The third-order valence-corrected chi connectivity index (χ3v) is 4.06. The van der Waals surface area contributed by atoms with Gasteiger partial charge in [-0.3, -0.25) is 10.1 Å². The molecule has 2 aromatic carbocycles. The smallest absolute Gasteiger partial charge is 0.272 e. The number of nitro benzene ring substituents is 1. The summed E-state index contributed by atoms with van der Waals surface area (Å²) in [7, 11) is 0. The van der Waals surface area contributed by atoms with Crippen LogP contribution in [-0.2, 0) is 0 Å². The number of hydrogen-bond acceptors (Lipinski definition) is 5. The highest BCUT2D eigenvalue weighted by Crippen LogP contribution is 2.23. The first-order chi connectivity index (χ1) is 10.4. The van der Waals surface area contributed by atoms with Crippen LogP contribution in [0, 0.1) is 21.7 Å². The summed E-state index contributed by atoms with van der Waals surface area (Å²) >= 11 is 2.59. The molecular formula is C14H14F2N2O2S2. The number of non-ortho nitro benzene ring substituents is 1. The van der Waals surface area contributed by atoms with Crippen LogP contribution in [0.15, 0.2) is 46.2 Å². The predicted octanol–water partition coefficient (Wildman–Crippen LogP) is 4.59. The fraction of sp³-hybridized carbons (Fsp3) is 0.143. The van der Waals surface area contributed by atoms with Crippen LogP contribution >= 0.6 is 23.5 Å². The molecule has 2 rings (SSSR count). The van der Waals surface area contributed by atoms with E-state index in [1.54, 1.807) is 18.4 Å². The Bertz CT molecular complexity index is 669. The van der Waals surface area contributed by atoms with E-state index in [0.29, 0.717) is 15.5 Å². The Labute approximate surface area is 135 Å². The van der Waals surface area contributed by atoms with E-state index < -0.39 is 10.7 Å². The molecule has 0 heterocycles. The minimum atomic E-state index is -0.618. The van der Waals surface area contributed by atoms with E-state index in [0.717, 1.165) is 6.07 Å². The molecule has 118 valence electrons. The molecule has 22 heavy (non-hydrogen) atoms. The first kappa shape index (κ1) is 18.2. The van der Waals surface area contributed by atoms with Crippen molar-refractivity contribution >= 4 is 34.9 Å². The van der Waals surface area contributed by atoms with Crippen molar-refractivity contribution in [3.05, 3.63) is 58.1 Å². The molecule has 2 aromatic rings. The largest absolute Gasteiger partial charge is 0.399 e. The molecule has 8 heteroatoms. The summed E-state index contributed by atoms with van der Waals surface area (Å²) in [5.74, 6) is -0.788. The molecule has 0 aliphatic rings. The molecule has 0 radical (unpaired) electrons. The van der Waals surface area contributed by atoms with Gasteiger partial charge in [-0.05, 0) is 36.8 Å². The van der Waals surface area contributed by atoms with Gasteiger partial charge in [0.05, 0.1) is 11.0 Å². The molecule has 0 aliphatic carbocycles. The highest BCUT2D eigenvalue weighted by Gasteiger charge is 2.09. The Morgan fingerprint density at radius 1 is 1.00 bits per heavy atom. The van der Waals surface area contributed by atoms with E-state index >= 15 is 0 Å². The number of thioether (sulfide) groups is 2. The molecule has 0 spiro atoms. The van der Waals surface area contributed by atoms with Crippen molar-refractivity contribution in [1.29, 1.82) is 0 Å². The van der Waals surface area contributed by atoms with Gasteiger partial charge >= 0.3 is 0 Å². The summed E-state index contributed by atoms with van der Waals surface area (Å²) in [6.45, 7) is 0. The van der Waals surface area contributed by atoms with Gasteiger partial charge in [-0.2, -0.15) is 0 Å². The predicted molar refractivity (Wildman–Crippen MR) is 87.4 cm³/mol. The first-order valence-electron chi connectivity index (χ1n) is 5.96. The lowest BCUT2D eigenvalue weighted by Gasteiger charge is -1.98. The molecular weight excluding hydrogens is 330 g/mol. The number of nitrogens with two attached hydrogens (primary N) is 1. The lowest BCUT2D eigenvalue weighted by Crippen LogP contribution is -1.89. The molecule has 0 atom stereocenters. The van der Waals surface area contributed by atoms with Crippen LogP contribution < -0.4 is 5.73 Å². The summed E-state index contributed by atoms with van der Waals surface area (Å²) in [6.07, 6.45) is 3.54. The molecule has 0 aliphatic heterocycles. The van der Waals surface area contributed by atoms with Gasteiger partial charge in [-0.1, -0.05) is 0 Å². The van der Waals surface area contributed by atoms with E-state index in [-0.39, 0.29) is 11.5 Å². The minimum absolute atomic E-state index is 0.217. The Kier molecular flexibility index (Phi) is 7.13. The molecule has 4 nitrogen and oxygen atoms in total.